The molecule has 0 spiro atoms. The molecule has 0 saturated carbocycles. The van der Waals surface area contributed by atoms with Gasteiger partial charge in [-0.25, -0.2) is 0 Å². The Balaban J connectivity index is 1.69. The number of nitrogens with zero attached hydrogens (tertiary/aromatic N) is 3. The molecule has 0 amide bonds. The van der Waals surface area contributed by atoms with Gasteiger partial charge in [0.25, 0.3) is 0 Å². The molecule has 1 saturated heterocycles. The Morgan fingerprint density at radius 2 is 2.19 bits per heavy atom. The molecule has 3 aromatic rings. The van der Waals surface area contributed by atoms with Crippen LogP contribution in [0.3, 0.4) is 0 Å². The molecule has 6 nitrogen and oxygen atoms in total. The minimum atomic E-state index is 0.159. The molecule has 7 heteroatoms. The summed E-state index contributed by atoms with van der Waals surface area (Å²) in [6.07, 6.45) is 3.98. The number of aromatic nitrogens is 1. The molecule has 1 atom stereocenters. The van der Waals surface area contributed by atoms with Crippen LogP contribution in [0.1, 0.15) is 29.5 Å². The van der Waals surface area contributed by atoms with Crippen LogP contribution in [-0.2, 0) is 13.1 Å². The van der Waals surface area contributed by atoms with Crippen LogP contribution in [0.2, 0.25) is 5.02 Å². The van der Waals surface area contributed by atoms with Crippen LogP contribution in [0.15, 0.2) is 42.6 Å². The second-order valence-corrected chi connectivity index (χ2v) is 8.18. The van der Waals surface area contributed by atoms with Crippen LogP contribution in [0.5, 0.6) is 5.75 Å². The summed E-state index contributed by atoms with van der Waals surface area (Å²) < 4.78 is 5.24. The number of aliphatic hydroxyl groups excluding tert-OH is 1. The number of hydrogen-bond donors (Lipinski definition) is 2. The summed E-state index contributed by atoms with van der Waals surface area (Å²) >= 11 is 6.29. The number of rotatable bonds is 7. The van der Waals surface area contributed by atoms with E-state index in [1.54, 1.807) is 13.2 Å². The summed E-state index contributed by atoms with van der Waals surface area (Å²) in [5, 5.41) is 24.1. The topological polar surface area (TPSA) is 81.4 Å². The van der Waals surface area contributed by atoms with Crippen LogP contribution in [0.4, 0.5) is 5.69 Å². The van der Waals surface area contributed by atoms with Crippen molar-refractivity contribution < 1.29 is 9.84 Å². The van der Waals surface area contributed by atoms with Crippen molar-refractivity contribution in [2.45, 2.75) is 32.0 Å². The first-order chi connectivity index (χ1) is 15.1. The highest BCUT2D eigenvalue weighted by molar-refractivity contribution is 6.32. The zero-order valence-electron chi connectivity index (χ0n) is 17.4. The first-order valence-electron chi connectivity index (χ1n) is 10.4. The number of pyridine rings is 1. The number of benzene rings is 2. The number of nitriles is 1. The van der Waals surface area contributed by atoms with Gasteiger partial charge in [0.1, 0.15) is 5.75 Å². The third-order valence-corrected chi connectivity index (χ3v) is 6.14. The molecule has 2 heterocycles. The number of hydrogen-bond acceptors (Lipinski definition) is 6. The Labute approximate surface area is 187 Å². The quantitative estimate of drug-likeness (QED) is 0.573. The molecule has 2 aromatic carbocycles. The van der Waals surface area contributed by atoms with Gasteiger partial charge in [-0.2, -0.15) is 5.26 Å². The van der Waals surface area contributed by atoms with E-state index >= 15 is 0 Å². The predicted molar refractivity (Wildman–Crippen MR) is 122 cm³/mol. The highest BCUT2D eigenvalue weighted by atomic mass is 35.5. The molecule has 0 radical (unpaired) electrons. The van der Waals surface area contributed by atoms with Gasteiger partial charge in [0.2, 0.25) is 0 Å². The first-order valence-corrected chi connectivity index (χ1v) is 10.7. The van der Waals surface area contributed by atoms with Gasteiger partial charge in [0.05, 0.1) is 35.9 Å². The van der Waals surface area contributed by atoms with Crippen molar-refractivity contribution in [3.8, 4) is 11.8 Å². The van der Waals surface area contributed by atoms with Crippen LogP contribution >= 0.6 is 11.6 Å². The second-order valence-electron chi connectivity index (χ2n) is 7.77. The van der Waals surface area contributed by atoms with Crippen LogP contribution in [0.25, 0.3) is 10.9 Å². The maximum absolute atomic E-state index is 9.71. The smallest absolute Gasteiger partial charge is 0.137 e. The van der Waals surface area contributed by atoms with Crippen LogP contribution < -0.4 is 10.1 Å². The number of anilines is 1. The maximum Gasteiger partial charge on any atom is 0.137 e. The zero-order valence-corrected chi connectivity index (χ0v) is 18.2. The molecule has 4 rings (SSSR count). The molecule has 0 aliphatic carbocycles. The first kappa shape index (κ1) is 21.4. The van der Waals surface area contributed by atoms with E-state index in [4.69, 9.17) is 16.3 Å². The lowest BCUT2D eigenvalue weighted by Crippen LogP contribution is -2.32. The fourth-order valence-corrected chi connectivity index (χ4v) is 4.45. The second kappa shape index (κ2) is 9.52. The van der Waals surface area contributed by atoms with Gasteiger partial charge in [-0.3, -0.25) is 9.88 Å². The van der Waals surface area contributed by atoms with Crippen LogP contribution in [-0.4, -0.2) is 41.3 Å². The van der Waals surface area contributed by atoms with E-state index in [0.29, 0.717) is 29.4 Å². The Morgan fingerprint density at radius 1 is 1.32 bits per heavy atom. The molecule has 1 fully saturated rings. The minimum Gasteiger partial charge on any atom is -0.495 e. The molecule has 1 aromatic heterocycles. The van der Waals surface area contributed by atoms with Gasteiger partial charge >= 0.3 is 0 Å². The average Bonchev–Trinajstić information content (AvgIpc) is 3.25. The normalized spacial score (nSPS) is 16.4. The Kier molecular flexibility index (Phi) is 6.57. The summed E-state index contributed by atoms with van der Waals surface area (Å²) in [5.41, 5.74) is 4.45. The fourth-order valence-electron chi connectivity index (χ4n) is 4.17. The van der Waals surface area contributed by atoms with Crippen molar-refractivity contribution in [1.82, 2.24) is 9.88 Å². The van der Waals surface area contributed by atoms with Gasteiger partial charge in [-0.15, -0.1) is 0 Å². The van der Waals surface area contributed by atoms with Gasteiger partial charge in [0, 0.05) is 42.0 Å². The van der Waals surface area contributed by atoms with Crippen molar-refractivity contribution in [2.75, 3.05) is 25.6 Å². The predicted octanol–water partition coefficient (Wildman–Crippen LogP) is 4.34. The number of likely N-dealkylation sites (tertiary alicyclic amines) is 1. The molecule has 0 bridgehead atoms. The van der Waals surface area contributed by atoms with Crippen molar-refractivity contribution >= 4 is 28.2 Å². The van der Waals surface area contributed by atoms with E-state index in [9.17, 15) is 10.4 Å². The standard InChI is InChI=1S/C24H25ClN4O2/c1-31-23-7-5-17(10-21(23)25)12-28-24-18(14-29-8-2-3-19(29)15-30)13-27-22-6-4-16(11-26)9-20(22)24/h4-7,9-10,13,19,30H,2-3,8,12,14-15H2,1H3,(H,27,28)/t19-/m0/s1. The Morgan fingerprint density at radius 3 is 2.94 bits per heavy atom. The van der Waals surface area contributed by atoms with E-state index in [-0.39, 0.29) is 12.6 Å². The van der Waals surface area contributed by atoms with E-state index < -0.39 is 0 Å². The SMILES string of the molecule is COc1ccc(CNc2c(CN3CCC[C@H]3CO)cnc3ccc(C#N)cc23)cc1Cl. The molecule has 0 unspecified atom stereocenters. The molecule has 1 aliphatic heterocycles. The number of fused-ring (bicyclic) bond motifs is 1. The maximum atomic E-state index is 9.71. The number of methoxy groups -OCH3 is 1. The molecular weight excluding hydrogens is 412 g/mol. The van der Waals surface area contributed by atoms with E-state index in [1.165, 1.54) is 0 Å². The van der Waals surface area contributed by atoms with Gasteiger partial charge < -0.3 is 15.2 Å². The monoisotopic (exact) mass is 436 g/mol. The fraction of sp³-hybridized carbons (Fsp3) is 0.333. The van der Waals surface area contributed by atoms with Crippen molar-refractivity contribution in [1.29, 1.82) is 5.26 Å². The number of ether oxygens (including phenoxy) is 1. The zero-order chi connectivity index (χ0) is 21.8. The lowest BCUT2D eigenvalue weighted by Gasteiger charge is -2.24. The molecule has 2 N–H and O–H groups in total. The molecular formula is C24H25ClN4O2. The lowest BCUT2D eigenvalue weighted by atomic mass is 10.1. The molecule has 31 heavy (non-hydrogen) atoms. The van der Waals surface area contributed by atoms with Crippen molar-refractivity contribution in [2.24, 2.45) is 0 Å². The third-order valence-electron chi connectivity index (χ3n) is 5.84. The highest BCUT2D eigenvalue weighted by Crippen LogP contribution is 2.31. The summed E-state index contributed by atoms with van der Waals surface area (Å²) in [6, 6.07) is 13.6. The molecule has 1 aliphatic rings. The van der Waals surface area contributed by atoms with Gasteiger partial charge in [-0.1, -0.05) is 17.7 Å². The number of aliphatic hydroxyl groups is 1. The number of nitrogens with one attached hydrogen (secondary N) is 1. The average molecular weight is 437 g/mol. The number of halogens is 1. The Hall–Kier alpha value is -2.85. The molecule has 160 valence electrons. The minimum absolute atomic E-state index is 0.159. The van der Waals surface area contributed by atoms with E-state index in [1.807, 2.05) is 36.5 Å². The van der Waals surface area contributed by atoms with Crippen molar-refractivity contribution in [3.63, 3.8) is 0 Å². The largest absolute Gasteiger partial charge is 0.495 e. The highest BCUT2D eigenvalue weighted by Gasteiger charge is 2.25. The summed E-state index contributed by atoms with van der Waals surface area (Å²) in [7, 11) is 1.60. The Bertz CT molecular complexity index is 1130. The van der Waals surface area contributed by atoms with Gasteiger partial charge in [0.15, 0.2) is 0 Å². The summed E-state index contributed by atoms with van der Waals surface area (Å²) in [6.45, 7) is 2.37. The van der Waals surface area contributed by atoms with Gasteiger partial charge in [-0.05, 0) is 55.3 Å². The summed E-state index contributed by atoms with van der Waals surface area (Å²) in [5.74, 6) is 0.642. The van der Waals surface area contributed by atoms with Crippen molar-refractivity contribution in [3.05, 3.63) is 64.3 Å². The summed E-state index contributed by atoms with van der Waals surface area (Å²) in [4.78, 5) is 6.92. The third kappa shape index (κ3) is 4.59. The van der Waals surface area contributed by atoms with Crippen LogP contribution in [0, 0.1) is 11.3 Å². The lowest BCUT2D eigenvalue weighted by molar-refractivity contribution is 0.153. The van der Waals surface area contributed by atoms with E-state index in [2.05, 4.69) is 21.3 Å². The van der Waals surface area contributed by atoms with E-state index in [0.717, 1.165) is 47.1 Å².